The number of nitrogens with zero attached hydrogens (tertiary/aromatic N) is 4. The molecule has 0 aliphatic carbocycles. The van der Waals surface area contributed by atoms with Crippen molar-refractivity contribution in [2.24, 2.45) is 0 Å². The van der Waals surface area contributed by atoms with E-state index < -0.39 is 8.07 Å². The molecule has 0 fully saturated rings. The quantitative estimate of drug-likeness (QED) is 0.153. The van der Waals surface area contributed by atoms with Crippen LogP contribution >= 0.6 is 0 Å². The zero-order chi connectivity index (χ0) is 37.3. The van der Waals surface area contributed by atoms with Gasteiger partial charge in [-0.25, -0.2) is 15.0 Å². The molecule has 1 aliphatic heterocycles. The highest BCUT2D eigenvalue weighted by atomic mass is 28.3. The second-order valence-corrected chi connectivity index (χ2v) is 17.8. The Morgan fingerprint density at radius 3 is 1.32 bits per heavy atom. The Bertz CT molecular complexity index is 2700. The summed E-state index contributed by atoms with van der Waals surface area (Å²) in [5, 5.41) is 5.42. The molecular weight excluding hydrogens is 697 g/mol. The summed E-state index contributed by atoms with van der Waals surface area (Å²) in [6.07, 6.45) is 0. The van der Waals surface area contributed by atoms with Gasteiger partial charge >= 0.3 is 0 Å². The van der Waals surface area contributed by atoms with Crippen LogP contribution in [0.2, 0.25) is 0 Å². The smallest absolute Gasteiger partial charge is 0.184 e. The topological polar surface area (TPSA) is 41.9 Å². The van der Waals surface area contributed by atoms with Gasteiger partial charge in [0.15, 0.2) is 25.5 Å². The lowest BCUT2D eigenvalue weighted by molar-refractivity contribution is 1.07. The SMILES string of the molecule is c1ccc(-c2nc(-c3ccccc3)nc(-c3cccc(-c4ccc5c(c4)[Si](c4ccccc4)(c4ccccc4)c4ccccc4N5c4ccccc4)c3)n2)cc1. The minimum atomic E-state index is -2.86. The Hall–Kier alpha value is -7.21. The van der Waals surface area contributed by atoms with E-state index >= 15 is 0 Å². The van der Waals surface area contributed by atoms with Gasteiger partial charge in [-0.15, -0.1) is 0 Å². The standard InChI is InChI=1S/C51H36N4Si/c1-6-19-37(20-7-1)49-52-50(38-21-8-2-9-22-38)54-51(53-49)41-24-18-23-39(35-41)40-33-34-46-48(36-40)56(43-27-12-4-13-28-43,44-29-14-5-15-30-44)47-32-17-16-31-45(47)55(46)42-25-10-3-11-26-42/h1-36H. The molecule has 4 nitrogen and oxygen atoms in total. The fourth-order valence-electron chi connectivity index (χ4n) is 8.27. The molecule has 0 saturated carbocycles. The third-order valence-electron chi connectivity index (χ3n) is 10.8. The van der Waals surface area contributed by atoms with Crippen molar-refractivity contribution < 1.29 is 0 Å². The maximum atomic E-state index is 5.05. The van der Waals surface area contributed by atoms with E-state index in [1.165, 1.54) is 32.1 Å². The van der Waals surface area contributed by atoms with Gasteiger partial charge in [-0.3, -0.25) is 0 Å². The Kier molecular flexibility index (Phi) is 8.47. The molecule has 0 bridgehead atoms. The van der Waals surface area contributed by atoms with E-state index in [0.717, 1.165) is 33.5 Å². The lowest BCUT2D eigenvalue weighted by atomic mass is 10.0. The molecule has 5 heteroatoms. The zero-order valence-corrected chi connectivity index (χ0v) is 31.6. The second kappa shape index (κ2) is 14.2. The number of hydrogen-bond donors (Lipinski definition) is 0. The van der Waals surface area contributed by atoms with Crippen LogP contribution in [0.3, 0.4) is 0 Å². The van der Waals surface area contributed by atoms with Gasteiger partial charge in [0, 0.05) is 33.8 Å². The third kappa shape index (κ3) is 5.73. The van der Waals surface area contributed by atoms with Gasteiger partial charge < -0.3 is 4.90 Å². The maximum Gasteiger partial charge on any atom is 0.184 e. The van der Waals surface area contributed by atoms with E-state index in [2.05, 4.69) is 163 Å². The first-order valence-electron chi connectivity index (χ1n) is 19.0. The molecule has 264 valence electrons. The van der Waals surface area contributed by atoms with Crippen LogP contribution in [-0.4, -0.2) is 23.0 Å². The number of benzene rings is 8. The molecule has 2 heterocycles. The summed E-state index contributed by atoms with van der Waals surface area (Å²) < 4.78 is 0. The van der Waals surface area contributed by atoms with Crippen molar-refractivity contribution in [1.82, 2.24) is 15.0 Å². The van der Waals surface area contributed by atoms with E-state index in [1.807, 2.05) is 60.7 Å². The number of hydrogen-bond acceptors (Lipinski definition) is 4. The van der Waals surface area contributed by atoms with Crippen molar-refractivity contribution in [2.75, 3.05) is 4.90 Å². The van der Waals surface area contributed by atoms with Crippen molar-refractivity contribution in [2.45, 2.75) is 0 Å². The van der Waals surface area contributed by atoms with Gasteiger partial charge in [0.25, 0.3) is 0 Å². The van der Waals surface area contributed by atoms with Gasteiger partial charge in [0.1, 0.15) is 0 Å². The number of anilines is 3. The van der Waals surface area contributed by atoms with Crippen LogP contribution in [0.5, 0.6) is 0 Å². The van der Waals surface area contributed by atoms with Crippen LogP contribution < -0.4 is 25.6 Å². The summed E-state index contributed by atoms with van der Waals surface area (Å²) in [4.78, 5) is 17.5. The predicted molar refractivity (Wildman–Crippen MR) is 233 cm³/mol. The lowest BCUT2D eigenvalue weighted by Gasteiger charge is -2.45. The monoisotopic (exact) mass is 732 g/mol. The van der Waals surface area contributed by atoms with Crippen LogP contribution in [0, 0.1) is 0 Å². The summed E-state index contributed by atoms with van der Waals surface area (Å²) in [6, 6.07) is 78.1. The van der Waals surface area contributed by atoms with Crippen molar-refractivity contribution in [3.63, 3.8) is 0 Å². The van der Waals surface area contributed by atoms with Crippen LogP contribution in [-0.2, 0) is 0 Å². The second-order valence-electron chi connectivity index (χ2n) is 14.0. The first kappa shape index (κ1) is 33.4. The van der Waals surface area contributed by atoms with E-state index in [1.54, 1.807) is 0 Å². The summed E-state index contributed by atoms with van der Waals surface area (Å²) in [5.41, 5.74) is 8.63. The Morgan fingerprint density at radius 2 is 0.732 bits per heavy atom. The van der Waals surface area contributed by atoms with Crippen molar-refractivity contribution in [3.05, 3.63) is 218 Å². The van der Waals surface area contributed by atoms with Crippen molar-refractivity contribution in [3.8, 4) is 45.3 Å². The third-order valence-corrected chi connectivity index (χ3v) is 15.6. The predicted octanol–water partition coefficient (Wildman–Crippen LogP) is 9.70. The molecule has 9 aromatic rings. The summed E-state index contributed by atoms with van der Waals surface area (Å²) in [7, 11) is -2.86. The minimum Gasteiger partial charge on any atom is -0.311 e. The molecule has 0 N–H and O–H groups in total. The van der Waals surface area contributed by atoms with Crippen molar-refractivity contribution in [1.29, 1.82) is 0 Å². The van der Waals surface area contributed by atoms with Gasteiger partial charge in [0.2, 0.25) is 0 Å². The number of para-hydroxylation sites is 2. The normalized spacial score (nSPS) is 12.8. The van der Waals surface area contributed by atoms with Gasteiger partial charge in [-0.1, -0.05) is 188 Å². The largest absolute Gasteiger partial charge is 0.311 e. The Balaban J connectivity index is 1.20. The average Bonchev–Trinajstić information content (AvgIpc) is 3.29. The summed E-state index contributed by atoms with van der Waals surface area (Å²) in [5.74, 6) is 1.93. The van der Waals surface area contributed by atoms with E-state index in [4.69, 9.17) is 15.0 Å². The highest BCUT2D eigenvalue weighted by Gasteiger charge is 2.48. The first-order valence-corrected chi connectivity index (χ1v) is 21.0. The minimum absolute atomic E-state index is 0.638. The van der Waals surface area contributed by atoms with E-state index in [-0.39, 0.29) is 0 Å². The first-order chi connectivity index (χ1) is 27.8. The summed E-state index contributed by atoms with van der Waals surface area (Å²) in [6.45, 7) is 0. The lowest BCUT2D eigenvalue weighted by Crippen LogP contribution is -2.77. The molecular formula is C51H36N4Si. The van der Waals surface area contributed by atoms with Gasteiger partial charge in [-0.2, -0.15) is 0 Å². The highest BCUT2D eigenvalue weighted by Crippen LogP contribution is 2.39. The van der Waals surface area contributed by atoms with Crippen molar-refractivity contribution >= 4 is 45.9 Å². The summed E-state index contributed by atoms with van der Waals surface area (Å²) >= 11 is 0. The van der Waals surface area contributed by atoms with Crippen LogP contribution in [0.25, 0.3) is 45.3 Å². The number of rotatable bonds is 7. The molecule has 1 aliphatic rings. The van der Waals surface area contributed by atoms with Crippen LogP contribution in [0.1, 0.15) is 0 Å². The highest BCUT2D eigenvalue weighted by molar-refractivity contribution is 7.21. The van der Waals surface area contributed by atoms with Crippen LogP contribution in [0.4, 0.5) is 17.1 Å². The fraction of sp³-hybridized carbons (Fsp3) is 0. The molecule has 8 aromatic carbocycles. The molecule has 0 unspecified atom stereocenters. The molecule has 1 aromatic heterocycles. The molecule has 56 heavy (non-hydrogen) atoms. The van der Waals surface area contributed by atoms with Gasteiger partial charge in [-0.05, 0) is 62.2 Å². The number of fused-ring (bicyclic) bond motifs is 2. The maximum absolute atomic E-state index is 5.05. The zero-order valence-electron chi connectivity index (χ0n) is 30.6. The Labute approximate surface area is 328 Å². The molecule has 0 radical (unpaired) electrons. The fourth-order valence-corrected chi connectivity index (χ4v) is 13.4. The Morgan fingerprint density at radius 1 is 0.304 bits per heavy atom. The molecule has 0 amide bonds. The number of aromatic nitrogens is 3. The van der Waals surface area contributed by atoms with Gasteiger partial charge in [0.05, 0.1) is 0 Å². The van der Waals surface area contributed by atoms with E-state index in [0.29, 0.717) is 17.5 Å². The molecule has 0 saturated heterocycles. The molecule has 10 rings (SSSR count). The van der Waals surface area contributed by atoms with E-state index in [9.17, 15) is 0 Å². The van der Waals surface area contributed by atoms with Crippen LogP contribution in [0.15, 0.2) is 218 Å². The molecule has 0 atom stereocenters. The average molecular weight is 733 g/mol. The molecule has 0 spiro atoms.